The molecule has 0 heterocycles. The van der Waals surface area contributed by atoms with Crippen molar-refractivity contribution >= 4 is 11.8 Å². The maximum atomic E-state index is 11.6. The molecule has 0 aromatic rings. The van der Waals surface area contributed by atoms with Gasteiger partial charge in [0.15, 0.2) is 0 Å². The van der Waals surface area contributed by atoms with Gasteiger partial charge in [-0.25, -0.2) is 0 Å². The van der Waals surface area contributed by atoms with E-state index < -0.39 is 5.91 Å². The molecule has 0 aliphatic heterocycles. The van der Waals surface area contributed by atoms with E-state index in [1.165, 1.54) is 25.7 Å². The molecule has 2 fully saturated rings. The molecule has 2 unspecified atom stereocenters. The number of nitrogens with two attached hydrogens (primary N) is 1. The summed E-state index contributed by atoms with van der Waals surface area (Å²) < 4.78 is 0. The molecule has 2 saturated carbocycles. The molecule has 0 radical (unpaired) electrons. The van der Waals surface area contributed by atoms with E-state index in [1.54, 1.807) is 0 Å². The molecule has 2 aliphatic carbocycles. The van der Waals surface area contributed by atoms with E-state index >= 15 is 0 Å². The van der Waals surface area contributed by atoms with E-state index in [0.717, 1.165) is 0 Å². The van der Waals surface area contributed by atoms with Crippen LogP contribution < -0.4 is 11.1 Å². The van der Waals surface area contributed by atoms with Gasteiger partial charge in [0.05, 0.1) is 6.54 Å². The molecule has 2 rings (SSSR count). The predicted molar refractivity (Wildman–Crippen MR) is 51.1 cm³/mol. The lowest BCUT2D eigenvalue weighted by molar-refractivity contribution is -0.126. The second-order valence-corrected chi connectivity index (χ2v) is 4.32. The molecule has 4 nitrogen and oxygen atoms in total. The third kappa shape index (κ3) is 1.74. The highest BCUT2D eigenvalue weighted by atomic mass is 16.2. The van der Waals surface area contributed by atoms with Crippen molar-refractivity contribution in [2.75, 3.05) is 6.54 Å². The molecule has 0 aromatic carbocycles. The van der Waals surface area contributed by atoms with Crippen molar-refractivity contribution in [2.24, 2.45) is 23.5 Å². The molecule has 78 valence electrons. The van der Waals surface area contributed by atoms with Gasteiger partial charge in [0.25, 0.3) is 0 Å². The Kier molecular flexibility index (Phi) is 2.44. The lowest BCUT2D eigenvalue weighted by atomic mass is 10.0. The largest absolute Gasteiger partial charge is 0.368 e. The molecule has 14 heavy (non-hydrogen) atoms. The zero-order chi connectivity index (χ0) is 10.1. The third-order valence-electron chi connectivity index (χ3n) is 3.40. The van der Waals surface area contributed by atoms with Gasteiger partial charge in [-0.2, -0.15) is 0 Å². The van der Waals surface area contributed by atoms with Crippen LogP contribution in [0.5, 0.6) is 0 Å². The van der Waals surface area contributed by atoms with Crippen LogP contribution in [0.3, 0.4) is 0 Å². The second kappa shape index (κ2) is 3.59. The fraction of sp³-hybridized carbons (Fsp3) is 0.800. The number of fused-ring (bicyclic) bond motifs is 1. The van der Waals surface area contributed by atoms with Gasteiger partial charge in [-0.1, -0.05) is 12.8 Å². The SMILES string of the molecule is NC(=O)CNC(=O)C1C2CCCCC21. The Bertz CT molecular complexity index is 253. The highest BCUT2D eigenvalue weighted by Gasteiger charge is 2.54. The molecule has 3 N–H and O–H groups in total. The quantitative estimate of drug-likeness (QED) is 0.668. The molecule has 2 amide bonds. The fourth-order valence-electron chi connectivity index (χ4n) is 2.67. The maximum Gasteiger partial charge on any atom is 0.236 e. The van der Waals surface area contributed by atoms with Crippen LogP contribution in [0.25, 0.3) is 0 Å². The van der Waals surface area contributed by atoms with E-state index in [9.17, 15) is 9.59 Å². The summed E-state index contributed by atoms with van der Waals surface area (Å²) in [7, 11) is 0. The lowest BCUT2D eigenvalue weighted by Crippen LogP contribution is -2.34. The molecule has 0 spiro atoms. The van der Waals surface area contributed by atoms with Gasteiger partial charge in [0, 0.05) is 5.92 Å². The van der Waals surface area contributed by atoms with Gasteiger partial charge < -0.3 is 11.1 Å². The Morgan fingerprint density at radius 1 is 1.21 bits per heavy atom. The zero-order valence-electron chi connectivity index (χ0n) is 8.16. The Morgan fingerprint density at radius 3 is 2.29 bits per heavy atom. The highest BCUT2D eigenvalue weighted by molar-refractivity contribution is 5.87. The first-order chi connectivity index (χ1) is 6.70. The molecule has 0 saturated heterocycles. The molecule has 2 aliphatic rings. The number of primary amides is 1. The Balaban J connectivity index is 1.79. The van der Waals surface area contributed by atoms with Gasteiger partial charge in [-0.05, 0) is 24.7 Å². The van der Waals surface area contributed by atoms with Crippen LogP contribution >= 0.6 is 0 Å². The van der Waals surface area contributed by atoms with Gasteiger partial charge >= 0.3 is 0 Å². The number of hydrogen-bond donors (Lipinski definition) is 2. The number of nitrogens with one attached hydrogen (secondary N) is 1. The van der Waals surface area contributed by atoms with Crippen molar-refractivity contribution < 1.29 is 9.59 Å². The third-order valence-corrected chi connectivity index (χ3v) is 3.40. The summed E-state index contributed by atoms with van der Waals surface area (Å²) in [6.07, 6.45) is 4.86. The minimum absolute atomic E-state index is 0.0191. The summed E-state index contributed by atoms with van der Waals surface area (Å²) in [5, 5.41) is 2.59. The van der Waals surface area contributed by atoms with E-state index in [-0.39, 0.29) is 18.4 Å². The van der Waals surface area contributed by atoms with E-state index in [2.05, 4.69) is 5.32 Å². The van der Waals surface area contributed by atoms with Crippen LogP contribution in [-0.2, 0) is 9.59 Å². The van der Waals surface area contributed by atoms with E-state index in [4.69, 9.17) is 5.73 Å². The van der Waals surface area contributed by atoms with Crippen molar-refractivity contribution in [3.05, 3.63) is 0 Å². The van der Waals surface area contributed by atoms with Crippen molar-refractivity contribution in [3.8, 4) is 0 Å². The lowest BCUT2D eigenvalue weighted by Gasteiger charge is -2.04. The van der Waals surface area contributed by atoms with Crippen LogP contribution in [0.4, 0.5) is 0 Å². The number of carbonyl (C=O) groups is 2. The molecular formula is C10H16N2O2. The van der Waals surface area contributed by atoms with Crippen molar-refractivity contribution in [2.45, 2.75) is 25.7 Å². The summed E-state index contributed by atoms with van der Waals surface area (Å²) in [4.78, 5) is 22.0. The van der Waals surface area contributed by atoms with Crippen molar-refractivity contribution in [1.82, 2.24) is 5.32 Å². The first kappa shape index (κ1) is 9.49. The molecular weight excluding hydrogens is 180 g/mol. The van der Waals surface area contributed by atoms with Gasteiger partial charge in [0.1, 0.15) is 0 Å². The van der Waals surface area contributed by atoms with Crippen LogP contribution in [0.1, 0.15) is 25.7 Å². The normalized spacial score (nSPS) is 34.4. The first-order valence-corrected chi connectivity index (χ1v) is 5.26. The van der Waals surface area contributed by atoms with Crippen LogP contribution in [-0.4, -0.2) is 18.4 Å². The van der Waals surface area contributed by atoms with Crippen LogP contribution in [0.15, 0.2) is 0 Å². The van der Waals surface area contributed by atoms with E-state index in [0.29, 0.717) is 11.8 Å². The molecule has 0 aromatic heterocycles. The summed E-state index contributed by atoms with van der Waals surface area (Å²) in [6.45, 7) is -0.0191. The average molecular weight is 196 g/mol. The van der Waals surface area contributed by atoms with Crippen molar-refractivity contribution in [3.63, 3.8) is 0 Å². The second-order valence-electron chi connectivity index (χ2n) is 4.32. The Morgan fingerprint density at radius 2 is 1.79 bits per heavy atom. The molecule has 2 atom stereocenters. The van der Waals surface area contributed by atoms with Crippen LogP contribution in [0.2, 0.25) is 0 Å². The highest BCUT2D eigenvalue weighted by Crippen LogP contribution is 2.55. The number of amides is 2. The fourth-order valence-corrected chi connectivity index (χ4v) is 2.67. The summed E-state index contributed by atoms with van der Waals surface area (Å²) in [5.41, 5.74) is 4.95. The smallest absolute Gasteiger partial charge is 0.236 e. The molecule has 0 bridgehead atoms. The first-order valence-electron chi connectivity index (χ1n) is 5.26. The van der Waals surface area contributed by atoms with Crippen molar-refractivity contribution in [1.29, 1.82) is 0 Å². The zero-order valence-corrected chi connectivity index (χ0v) is 8.16. The minimum Gasteiger partial charge on any atom is -0.368 e. The number of carbonyl (C=O) groups excluding carboxylic acids is 2. The van der Waals surface area contributed by atoms with Crippen LogP contribution in [0, 0.1) is 17.8 Å². The Hall–Kier alpha value is -1.06. The Labute approximate surface area is 83.2 Å². The van der Waals surface area contributed by atoms with Gasteiger partial charge in [0.2, 0.25) is 11.8 Å². The minimum atomic E-state index is -0.470. The van der Waals surface area contributed by atoms with E-state index in [1.807, 2.05) is 0 Å². The summed E-state index contributed by atoms with van der Waals surface area (Å²) >= 11 is 0. The monoisotopic (exact) mass is 196 g/mol. The maximum absolute atomic E-state index is 11.6. The number of hydrogen-bond acceptors (Lipinski definition) is 2. The average Bonchev–Trinajstić information content (AvgIpc) is 2.88. The topological polar surface area (TPSA) is 72.2 Å². The standard InChI is InChI=1S/C10H16N2O2/c11-8(13)5-12-10(14)9-6-3-1-2-4-7(6)9/h6-7,9H,1-5H2,(H2,11,13)(H,12,14). The molecule has 4 heteroatoms. The predicted octanol–water partition coefficient (Wildman–Crippen LogP) is 0.0241. The summed E-state index contributed by atoms with van der Waals surface area (Å²) in [6, 6.07) is 0. The summed E-state index contributed by atoms with van der Waals surface area (Å²) in [5.74, 6) is 0.924. The van der Waals surface area contributed by atoms with Gasteiger partial charge in [-0.3, -0.25) is 9.59 Å². The van der Waals surface area contributed by atoms with Gasteiger partial charge in [-0.15, -0.1) is 0 Å². The number of rotatable bonds is 3.